The third-order valence-electron chi connectivity index (χ3n) is 6.03. The second kappa shape index (κ2) is 10.7. The molecular weight excluding hydrogens is 463 g/mol. The quantitative estimate of drug-likeness (QED) is 0.599. The Kier molecular flexibility index (Phi) is 7.87. The van der Waals surface area contributed by atoms with Crippen molar-refractivity contribution in [2.75, 3.05) is 38.2 Å². The van der Waals surface area contributed by atoms with Gasteiger partial charge in [-0.3, -0.25) is 9.78 Å². The van der Waals surface area contributed by atoms with Crippen LogP contribution in [-0.4, -0.2) is 60.3 Å². The number of morpholine rings is 1. The van der Waals surface area contributed by atoms with E-state index in [4.69, 9.17) is 37.7 Å². The Labute approximate surface area is 204 Å². The third-order valence-corrected chi connectivity index (χ3v) is 6.63. The van der Waals surface area contributed by atoms with Crippen LogP contribution in [0.1, 0.15) is 32.4 Å². The molecule has 7 nitrogen and oxygen atoms in total. The average molecular weight is 493 g/mol. The molecule has 4 rings (SSSR count). The highest BCUT2D eigenvalue weighted by Crippen LogP contribution is 2.34. The van der Waals surface area contributed by atoms with Crippen LogP contribution in [0.2, 0.25) is 10.0 Å². The fourth-order valence-electron chi connectivity index (χ4n) is 4.34. The molecule has 9 heteroatoms. The van der Waals surface area contributed by atoms with Crippen molar-refractivity contribution in [1.82, 2.24) is 15.3 Å². The molecule has 0 spiro atoms. The summed E-state index contributed by atoms with van der Waals surface area (Å²) in [6.07, 6.45) is 3.26. The summed E-state index contributed by atoms with van der Waals surface area (Å²) in [6.45, 7) is 7.64. The van der Waals surface area contributed by atoms with E-state index in [1.54, 1.807) is 12.3 Å². The Morgan fingerprint density at radius 3 is 2.88 bits per heavy atom. The molecular formula is C24H30Cl2N4O3. The number of halogens is 2. The fraction of sp³-hybridized carbons (Fsp3) is 0.542. The second-order valence-electron chi connectivity index (χ2n) is 9.24. The Hall–Kier alpha value is -1.77. The maximum atomic E-state index is 12.6. The standard InChI is InChI=1S/C24H30Cl2N4O3/c1-24(2)11-15(5-7-33-24)12-29-22-4-3-18(25)23(30-22)17-9-16(28-13-19(17)26)10-20(31)21-14-27-6-8-32-21/h3-4,9,13,15,21,27H,5-8,10-12,14H2,1-2H3,(H,29,30)/t15-,21-/m1/s1. The lowest BCUT2D eigenvalue weighted by atomic mass is 9.88. The van der Waals surface area contributed by atoms with Crippen LogP contribution in [0.4, 0.5) is 5.82 Å². The van der Waals surface area contributed by atoms with Crippen LogP contribution in [-0.2, 0) is 20.7 Å². The maximum absolute atomic E-state index is 12.6. The first kappa shape index (κ1) is 24.4. The average Bonchev–Trinajstić information content (AvgIpc) is 2.80. The molecule has 2 aliphatic rings. The molecule has 2 atom stereocenters. The lowest BCUT2D eigenvalue weighted by Crippen LogP contribution is -2.43. The maximum Gasteiger partial charge on any atom is 0.168 e. The van der Waals surface area contributed by atoms with Crippen molar-refractivity contribution in [3.05, 3.63) is 40.1 Å². The van der Waals surface area contributed by atoms with Crippen LogP contribution >= 0.6 is 23.2 Å². The molecule has 2 saturated heterocycles. The van der Waals surface area contributed by atoms with Gasteiger partial charge < -0.3 is 20.1 Å². The summed E-state index contributed by atoms with van der Waals surface area (Å²) in [5, 5.41) is 7.52. The van der Waals surface area contributed by atoms with Gasteiger partial charge in [0.2, 0.25) is 0 Å². The van der Waals surface area contributed by atoms with Crippen LogP contribution in [0, 0.1) is 5.92 Å². The van der Waals surface area contributed by atoms with E-state index in [9.17, 15) is 4.79 Å². The van der Waals surface area contributed by atoms with Crippen molar-refractivity contribution in [2.45, 2.75) is 44.8 Å². The molecule has 2 aromatic rings. The van der Waals surface area contributed by atoms with Gasteiger partial charge in [-0.1, -0.05) is 23.2 Å². The Morgan fingerprint density at radius 2 is 2.12 bits per heavy atom. The molecule has 0 amide bonds. The van der Waals surface area contributed by atoms with E-state index in [0.29, 0.717) is 46.1 Å². The minimum absolute atomic E-state index is 0.0168. The Morgan fingerprint density at radius 1 is 1.27 bits per heavy atom. The van der Waals surface area contributed by atoms with Gasteiger partial charge in [0.1, 0.15) is 11.9 Å². The summed E-state index contributed by atoms with van der Waals surface area (Å²) in [5.74, 6) is 1.22. The normalized spacial score (nSPS) is 22.7. The van der Waals surface area contributed by atoms with Crippen molar-refractivity contribution in [3.63, 3.8) is 0 Å². The van der Waals surface area contributed by atoms with E-state index in [-0.39, 0.29) is 17.8 Å². The molecule has 2 aromatic heterocycles. The summed E-state index contributed by atoms with van der Waals surface area (Å²) >= 11 is 12.9. The highest BCUT2D eigenvalue weighted by molar-refractivity contribution is 6.36. The minimum Gasteiger partial charge on any atom is -0.376 e. The van der Waals surface area contributed by atoms with E-state index in [2.05, 4.69) is 29.5 Å². The van der Waals surface area contributed by atoms with Gasteiger partial charge in [0, 0.05) is 43.7 Å². The zero-order valence-electron chi connectivity index (χ0n) is 19.0. The first-order valence-electron chi connectivity index (χ1n) is 11.3. The SMILES string of the molecule is CC1(C)C[C@H](CNc2ccc(Cl)c(-c3cc(CC(=O)[C@H]4CNCCO4)ncc3Cl)n2)CCO1. The molecule has 0 saturated carbocycles. The zero-order chi connectivity index (χ0) is 23.4. The molecule has 178 valence electrons. The number of Topliss-reactive ketones (excluding diaryl/α,β-unsaturated/α-hetero) is 1. The number of aromatic nitrogens is 2. The molecule has 33 heavy (non-hydrogen) atoms. The van der Waals surface area contributed by atoms with Crippen LogP contribution in [0.25, 0.3) is 11.3 Å². The smallest absolute Gasteiger partial charge is 0.168 e. The molecule has 0 aromatic carbocycles. The molecule has 2 aliphatic heterocycles. The lowest BCUT2D eigenvalue weighted by Gasteiger charge is -2.35. The van der Waals surface area contributed by atoms with E-state index in [0.717, 1.165) is 38.4 Å². The number of carbonyl (C=O) groups excluding carboxylic acids is 1. The Balaban J connectivity index is 1.48. The predicted molar refractivity (Wildman–Crippen MR) is 130 cm³/mol. The van der Waals surface area contributed by atoms with Crippen molar-refractivity contribution < 1.29 is 14.3 Å². The Bertz CT molecular complexity index is 996. The summed E-state index contributed by atoms with van der Waals surface area (Å²) < 4.78 is 11.4. The predicted octanol–water partition coefficient (Wildman–Crippen LogP) is 4.17. The van der Waals surface area contributed by atoms with Crippen molar-refractivity contribution in [1.29, 1.82) is 0 Å². The number of hydrogen-bond donors (Lipinski definition) is 2. The van der Waals surface area contributed by atoms with Gasteiger partial charge in [-0.2, -0.15) is 0 Å². The van der Waals surface area contributed by atoms with Crippen molar-refractivity contribution >= 4 is 34.8 Å². The van der Waals surface area contributed by atoms with Crippen LogP contribution in [0.3, 0.4) is 0 Å². The number of nitrogens with zero attached hydrogens (tertiary/aromatic N) is 2. The number of rotatable bonds is 7. The van der Waals surface area contributed by atoms with E-state index in [1.165, 1.54) is 0 Å². The van der Waals surface area contributed by atoms with Gasteiger partial charge >= 0.3 is 0 Å². The number of anilines is 1. The van der Waals surface area contributed by atoms with Gasteiger partial charge in [-0.15, -0.1) is 0 Å². The van der Waals surface area contributed by atoms with Gasteiger partial charge in [0.15, 0.2) is 5.78 Å². The first-order valence-corrected chi connectivity index (χ1v) is 12.1. The number of carbonyl (C=O) groups is 1. The fourth-order valence-corrected chi connectivity index (χ4v) is 4.74. The van der Waals surface area contributed by atoms with E-state index >= 15 is 0 Å². The van der Waals surface area contributed by atoms with Crippen molar-refractivity contribution in [2.24, 2.45) is 5.92 Å². The summed E-state index contributed by atoms with van der Waals surface area (Å²) in [4.78, 5) is 21.7. The second-order valence-corrected chi connectivity index (χ2v) is 10.1. The van der Waals surface area contributed by atoms with Crippen molar-refractivity contribution in [3.8, 4) is 11.3 Å². The largest absolute Gasteiger partial charge is 0.376 e. The summed E-state index contributed by atoms with van der Waals surface area (Å²) in [6, 6.07) is 5.46. The molecule has 0 aliphatic carbocycles. The number of pyridine rings is 2. The highest BCUT2D eigenvalue weighted by atomic mass is 35.5. The molecule has 4 heterocycles. The number of ether oxygens (including phenoxy) is 2. The minimum atomic E-state index is -0.455. The number of nitrogens with one attached hydrogen (secondary N) is 2. The van der Waals surface area contributed by atoms with E-state index in [1.807, 2.05) is 12.1 Å². The summed E-state index contributed by atoms with van der Waals surface area (Å²) in [5.41, 5.74) is 1.72. The number of ketones is 1. The van der Waals surface area contributed by atoms with Gasteiger partial charge in [0.05, 0.1) is 34.4 Å². The summed E-state index contributed by atoms with van der Waals surface area (Å²) in [7, 11) is 0. The van der Waals surface area contributed by atoms with Gasteiger partial charge in [-0.25, -0.2) is 4.98 Å². The molecule has 2 fully saturated rings. The van der Waals surface area contributed by atoms with Crippen LogP contribution < -0.4 is 10.6 Å². The molecule has 2 N–H and O–H groups in total. The topological polar surface area (TPSA) is 85.4 Å². The molecule has 0 unspecified atom stereocenters. The van der Waals surface area contributed by atoms with E-state index < -0.39 is 6.10 Å². The monoisotopic (exact) mass is 492 g/mol. The highest BCUT2D eigenvalue weighted by Gasteiger charge is 2.28. The van der Waals surface area contributed by atoms with Gasteiger partial charge in [0.25, 0.3) is 0 Å². The molecule has 0 radical (unpaired) electrons. The number of hydrogen-bond acceptors (Lipinski definition) is 7. The van der Waals surface area contributed by atoms with Gasteiger partial charge in [-0.05, 0) is 50.8 Å². The first-order chi connectivity index (χ1) is 15.8. The lowest BCUT2D eigenvalue weighted by molar-refractivity contribution is -0.131. The van der Waals surface area contributed by atoms with Crippen LogP contribution in [0.15, 0.2) is 24.4 Å². The zero-order valence-corrected chi connectivity index (χ0v) is 20.5. The van der Waals surface area contributed by atoms with Crippen LogP contribution in [0.5, 0.6) is 0 Å². The molecule has 0 bridgehead atoms. The third kappa shape index (κ3) is 6.43.